The van der Waals surface area contributed by atoms with Gasteiger partial charge in [-0.1, -0.05) is 0 Å². The van der Waals surface area contributed by atoms with E-state index in [0.717, 1.165) is 67.2 Å². The van der Waals surface area contributed by atoms with Crippen LogP contribution in [0, 0.1) is 5.92 Å². The average molecular weight is 414 g/mol. The fourth-order valence-corrected chi connectivity index (χ4v) is 4.77. The third-order valence-electron chi connectivity index (χ3n) is 6.65. The Balaban J connectivity index is 1.34. The third-order valence-corrected chi connectivity index (χ3v) is 6.65. The number of likely N-dealkylation sites (tertiary alicyclic amines) is 1. The molecule has 0 radical (unpaired) electrons. The van der Waals surface area contributed by atoms with Gasteiger partial charge in [0, 0.05) is 49.0 Å². The lowest BCUT2D eigenvalue weighted by Crippen LogP contribution is -2.23. The molecule has 1 aromatic carbocycles. The van der Waals surface area contributed by atoms with Crippen molar-refractivity contribution in [2.24, 2.45) is 5.92 Å². The van der Waals surface area contributed by atoms with E-state index in [0.29, 0.717) is 19.6 Å². The number of fused-ring (bicyclic) bond motifs is 2. The molecular formula is C24H32FN3O2. The highest BCUT2D eigenvalue weighted by molar-refractivity contribution is 5.96. The molecular weight excluding hydrogens is 381 g/mol. The van der Waals surface area contributed by atoms with Crippen molar-refractivity contribution in [3.05, 3.63) is 23.4 Å². The van der Waals surface area contributed by atoms with Crippen LogP contribution in [0.15, 0.2) is 12.1 Å². The highest BCUT2D eigenvalue weighted by Crippen LogP contribution is 2.40. The van der Waals surface area contributed by atoms with Gasteiger partial charge in [0.25, 0.3) is 0 Å². The summed E-state index contributed by atoms with van der Waals surface area (Å²) < 4.78 is 25.1. The van der Waals surface area contributed by atoms with E-state index < -0.39 is 6.17 Å². The first kappa shape index (κ1) is 19.9. The molecule has 1 atom stereocenters. The molecule has 3 aliphatic rings. The molecule has 30 heavy (non-hydrogen) atoms. The number of aryl methyl sites for hydroxylation is 1. The zero-order valence-corrected chi connectivity index (χ0v) is 17.9. The van der Waals surface area contributed by atoms with Gasteiger partial charge in [-0.3, -0.25) is 4.98 Å². The maximum atomic E-state index is 13.3. The van der Waals surface area contributed by atoms with Gasteiger partial charge in [-0.15, -0.1) is 0 Å². The summed E-state index contributed by atoms with van der Waals surface area (Å²) in [5.41, 5.74) is 4.84. The number of hydrogen-bond donors (Lipinski definition) is 1. The van der Waals surface area contributed by atoms with Crippen molar-refractivity contribution in [2.45, 2.75) is 51.1 Å². The number of hydrogen-bond acceptors (Lipinski definition) is 5. The fourth-order valence-electron chi connectivity index (χ4n) is 4.77. The number of ether oxygens (including phenoxy) is 2. The summed E-state index contributed by atoms with van der Waals surface area (Å²) >= 11 is 0. The van der Waals surface area contributed by atoms with Crippen LogP contribution in [0.4, 0.5) is 10.1 Å². The maximum Gasteiger partial charge on any atom is 0.163 e. The van der Waals surface area contributed by atoms with Crippen LogP contribution in [0.2, 0.25) is 0 Å². The first-order valence-electron chi connectivity index (χ1n) is 11.5. The number of nitrogens with one attached hydrogen (secondary N) is 1. The molecule has 1 unspecified atom stereocenters. The van der Waals surface area contributed by atoms with Crippen LogP contribution in [-0.2, 0) is 12.8 Å². The predicted molar refractivity (Wildman–Crippen MR) is 118 cm³/mol. The molecule has 0 bridgehead atoms. The largest absolute Gasteiger partial charge is 0.493 e. The Kier molecular flexibility index (Phi) is 5.68. The lowest BCUT2D eigenvalue weighted by atomic mass is 10.1. The number of halogens is 1. The average Bonchev–Trinajstić information content (AvgIpc) is 3.30. The summed E-state index contributed by atoms with van der Waals surface area (Å²) in [6, 6.07) is 4.11. The van der Waals surface area contributed by atoms with Crippen molar-refractivity contribution in [1.29, 1.82) is 0 Å². The Bertz CT molecular complexity index is 915. The van der Waals surface area contributed by atoms with Gasteiger partial charge in [0.15, 0.2) is 11.5 Å². The number of pyridine rings is 1. The van der Waals surface area contributed by atoms with Gasteiger partial charge in [-0.25, -0.2) is 4.39 Å². The van der Waals surface area contributed by atoms with Crippen LogP contribution in [0.5, 0.6) is 11.5 Å². The van der Waals surface area contributed by atoms with Gasteiger partial charge >= 0.3 is 0 Å². The smallest absolute Gasteiger partial charge is 0.163 e. The molecule has 6 heteroatoms. The quantitative estimate of drug-likeness (QED) is 0.619. The lowest BCUT2D eigenvalue weighted by Gasteiger charge is -2.18. The number of anilines is 1. The Morgan fingerprint density at radius 1 is 1.20 bits per heavy atom. The second kappa shape index (κ2) is 8.58. The molecule has 5 nitrogen and oxygen atoms in total. The molecule has 1 saturated heterocycles. The van der Waals surface area contributed by atoms with Crippen molar-refractivity contribution in [3.63, 3.8) is 0 Å². The van der Waals surface area contributed by atoms with E-state index in [9.17, 15) is 4.39 Å². The van der Waals surface area contributed by atoms with Crippen molar-refractivity contribution >= 4 is 16.6 Å². The summed E-state index contributed by atoms with van der Waals surface area (Å²) in [5.74, 6) is 2.31. The Labute approximate surface area is 177 Å². The molecule has 1 aromatic heterocycles. The molecule has 2 aromatic rings. The van der Waals surface area contributed by atoms with E-state index in [1.165, 1.54) is 36.2 Å². The van der Waals surface area contributed by atoms with Gasteiger partial charge < -0.3 is 19.7 Å². The number of nitrogens with zero attached hydrogens (tertiary/aromatic N) is 2. The van der Waals surface area contributed by atoms with Crippen LogP contribution in [0.25, 0.3) is 10.9 Å². The predicted octanol–water partition coefficient (Wildman–Crippen LogP) is 4.37. The van der Waals surface area contributed by atoms with Gasteiger partial charge in [0.05, 0.1) is 19.2 Å². The van der Waals surface area contributed by atoms with Crippen molar-refractivity contribution in [1.82, 2.24) is 9.88 Å². The number of rotatable bonds is 9. The van der Waals surface area contributed by atoms with E-state index in [-0.39, 0.29) is 0 Å². The van der Waals surface area contributed by atoms with Crippen molar-refractivity contribution in [2.75, 3.05) is 45.2 Å². The van der Waals surface area contributed by atoms with Crippen LogP contribution in [0.1, 0.15) is 43.4 Å². The first-order valence-corrected chi connectivity index (χ1v) is 11.5. The fraction of sp³-hybridized carbons (Fsp3) is 0.625. The molecule has 2 heterocycles. The highest BCUT2D eigenvalue weighted by atomic mass is 19.1. The van der Waals surface area contributed by atoms with E-state index in [2.05, 4.69) is 16.3 Å². The van der Waals surface area contributed by atoms with Crippen LogP contribution >= 0.6 is 0 Å². The molecule has 5 rings (SSSR count). The van der Waals surface area contributed by atoms with Gasteiger partial charge in [-0.2, -0.15) is 0 Å². The molecule has 2 aliphatic carbocycles. The third kappa shape index (κ3) is 4.20. The SMILES string of the molecule is COc1cc2c(NCC3CC3)c3c(nc2cc1OCCCN1CCC(F)C1)CCC3. The van der Waals surface area contributed by atoms with E-state index in [1.807, 2.05) is 6.07 Å². The van der Waals surface area contributed by atoms with Crippen LogP contribution in [-0.4, -0.2) is 56.0 Å². The summed E-state index contributed by atoms with van der Waals surface area (Å²) in [5, 5.41) is 4.87. The van der Waals surface area contributed by atoms with E-state index >= 15 is 0 Å². The Hall–Kier alpha value is -2.08. The molecule has 2 fully saturated rings. The minimum Gasteiger partial charge on any atom is -0.493 e. The van der Waals surface area contributed by atoms with Gasteiger partial charge in [-0.05, 0) is 62.5 Å². The second-order valence-electron chi connectivity index (χ2n) is 9.00. The summed E-state index contributed by atoms with van der Waals surface area (Å²) in [6.07, 6.45) is 6.87. The monoisotopic (exact) mass is 413 g/mol. The molecule has 162 valence electrons. The normalized spacial score (nSPS) is 21.2. The summed E-state index contributed by atoms with van der Waals surface area (Å²) in [7, 11) is 1.69. The second-order valence-corrected chi connectivity index (χ2v) is 9.00. The number of benzene rings is 1. The number of alkyl halides is 1. The van der Waals surface area contributed by atoms with E-state index in [4.69, 9.17) is 14.5 Å². The Morgan fingerprint density at radius 3 is 2.87 bits per heavy atom. The first-order chi connectivity index (χ1) is 14.7. The maximum absolute atomic E-state index is 13.3. The van der Waals surface area contributed by atoms with Gasteiger partial charge in [0.2, 0.25) is 0 Å². The van der Waals surface area contributed by atoms with Gasteiger partial charge in [0.1, 0.15) is 6.17 Å². The number of aromatic nitrogens is 1. The van der Waals surface area contributed by atoms with E-state index in [1.54, 1.807) is 7.11 Å². The molecule has 1 N–H and O–H groups in total. The highest BCUT2D eigenvalue weighted by Gasteiger charge is 2.25. The zero-order chi connectivity index (χ0) is 20.5. The van der Waals surface area contributed by atoms with Crippen LogP contribution < -0.4 is 14.8 Å². The van der Waals surface area contributed by atoms with Crippen LogP contribution in [0.3, 0.4) is 0 Å². The lowest BCUT2D eigenvalue weighted by molar-refractivity contribution is 0.243. The molecule has 0 spiro atoms. The number of methoxy groups -OCH3 is 1. The molecule has 1 aliphatic heterocycles. The topological polar surface area (TPSA) is 46.6 Å². The Morgan fingerprint density at radius 2 is 2.10 bits per heavy atom. The molecule has 1 saturated carbocycles. The van der Waals surface area contributed by atoms with Crippen molar-refractivity contribution < 1.29 is 13.9 Å². The zero-order valence-electron chi connectivity index (χ0n) is 17.9. The minimum absolute atomic E-state index is 0.560. The van der Waals surface area contributed by atoms with Crippen molar-refractivity contribution in [3.8, 4) is 11.5 Å². The summed E-state index contributed by atoms with van der Waals surface area (Å²) in [6.45, 7) is 3.92. The molecule has 0 amide bonds. The minimum atomic E-state index is -0.665. The standard InChI is InChI=1S/C24H32FN3O2/c1-29-22-12-19-21(13-23(22)30-11-3-9-28-10-8-17(25)15-28)27-20-5-2-4-18(20)24(19)26-14-16-6-7-16/h12-13,16-17H,2-11,14-15H2,1H3,(H,26,27). The summed E-state index contributed by atoms with van der Waals surface area (Å²) in [4.78, 5) is 7.14.